The average molecular weight is 180 g/mol. The molecule has 0 aliphatic carbocycles. The first-order chi connectivity index (χ1) is 4.42. The van der Waals surface area contributed by atoms with Gasteiger partial charge in [-0.2, -0.15) is 0 Å². The van der Waals surface area contributed by atoms with E-state index in [2.05, 4.69) is 35.2 Å². The molecule has 0 spiro atoms. The summed E-state index contributed by atoms with van der Waals surface area (Å²) < 4.78 is 1.09. The molecule has 0 aliphatic heterocycles. The van der Waals surface area contributed by atoms with E-state index < -0.39 is 0 Å². The highest BCUT2D eigenvalue weighted by atomic mass is 16.0. The van der Waals surface area contributed by atoms with Crippen molar-refractivity contribution in [3.05, 3.63) is 0 Å². The fourth-order valence-electron chi connectivity index (χ4n) is 0.907. The number of rotatable bonds is 4. The Balaban J connectivity index is -0.000000405. The summed E-state index contributed by atoms with van der Waals surface area (Å²) in [4.78, 5) is 1.55. The van der Waals surface area contributed by atoms with Crippen molar-refractivity contribution in [1.82, 2.24) is 0 Å². The minimum atomic E-state index is 0. The van der Waals surface area contributed by atoms with Gasteiger partial charge in [0.25, 0.3) is 0 Å². The molecule has 0 aromatic heterocycles. The largest absolute Gasteiger partial charge is 0.870 e. The lowest BCUT2D eigenvalue weighted by molar-refractivity contribution is -0.885. The molecule has 0 saturated heterocycles. The monoisotopic (exact) mass is 180 g/mol. The number of hydrogen-bond donors (Lipinski definition) is 1. The number of nitrogens with one attached hydrogen (secondary N) is 1. The minimum Gasteiger partial charge on any atom is -0.870 e. The number of hydrogen-bond acceptors (Lipinski definition) is 2. The van der Waals surface area contributed by atoms with Crippen LogP contribution in [-0.2, 0) is 0 Å². The topological polar surface area (TPSA) is 64.4 Å². The Hall–Kier alpha value is -0.160. The third kappa shape index (κ3) is 16.4. The molecule has 0 aromatic rings. The molecule has 0 saturated carbocycles. The summed E-state index contributed by atoms with van der Waals surface area (Å²) in [5.74, 6) is 0. The van der Waals surface area contributed by atoms with E-state index >= 15 is 0 Å². The SMILES string of the molecule is C[NH+](C)CCC[N+](C)(C)C.[OH-].[OH-]. The van der Waals surface area contributed by atoms with Crippen LogP contribution in [0.25, 0.3) is 0 Å². The molecule has 3 N–H and O–H groups in total. The zero-order valence-corrected chi connectivity index (χ0v) is 8.96. The van der Waals surface area contributed by atoms with E-state index in [9.17, 15) is 0 Å². The third-order valence-electron chi connectivity index (χ3n) is 1.51. The Labute approximate surface area is 76.0 Å². The fraction of sp³-hybridized carbons (Fsp3) is 1.00. The summed E-state index contributed by atoms with van der Waals surface area (Å²) in [5.41, 5.74) is 0. The summed E-state index contributed by atoms with van der Waals surface area (Å²) >= 11 is 0. The van der Waals surface area contributed by atoms with Crippen molar-refractivity contribution in [2.24, 2.45) is 0 Å². The van der Waals surface area contributed by atoms with Gasteiger partial charge in [-0.05, 0) is 0 Å². The molecule has 0 aromatic carbocycles. The molecule has 0 unspecified atom stereocenters. The maximum absolute atomic E-state index is 2.24. The molecule has 4 heteroatoms. The standard InChI is InChI=1S/C8H21N2.2H2O/c1-9(2)7-6-8-10(3,4)5;;/h6-8H2,1-5H3;2*1H2/q+1;;/p-1. The molecule has 12 heavy (non-hydrogen) atoms. The maximum atomic E-state index is 2.24. The van der Waals surface area contributed by atoms with Gasteiger partial charge < -0.3 is 20.3 Å². The van der Waals surface area contributed by atoms with Crippen LogP contribution < -0.4 is 4.90 Å². The average Bonchev–Trinajstić information content (AvgIpc) is 1.59. The van der Waals surface area contributed by atoms with Crippen LogP contribution in [0.3, 0.4) is 0 Å². The Morgan fingerprint density at radius 2 is 1.42 bits per heavy atom. The van der Waals surface area contributed by atoms with Gasteiger partial charge in [-0.25, -0.2) is 0 Å². The predicted octanol–water partition coefficient (Wildman–Crippen LogP) is -1.13. The van der Waals surface area contributed by atoms with Gasteiger partial charge in [0.2, 0.25) is 0 Å². The number of quaternary nitrogens is 2. The van der Waals surface area contributed by atoms with Crippen LogP contribution in [0.15, 0.2) is 0 Å². The molecule has 0 heterocycles. The lowest BCUT2D eigenvalue weighted by Crippen LogP contribution is -3.05. The zero-order valence-electron chi connectivity index (χ0n) is 8.96. The van der Waals surface area contributed by atoms with Crippen molar-refractivity contribution in [3.8, 4) is 0 Å². The van der Waals surface area contributed by atoms with E-state index in [0.717, 1.165) is 4.48 Å². The molecule has 0 bridgehead atoms. The normalized spacial score (nSPS) is 10.5. The van der Waals surface area contributed by atoms with Crippen LogP contribution in [0.1, 0.15) is 6.42 Å². The van der Waals surface area contributed by atoms with Crippen LogP contribution in [0, 0.1) is 0 Å². The molecule has 0 aliphatic rings. The molecule has 0 atom stereocenters. The highest BCUT2D eigenvalue weighted by Gasteiger charge is 2.06. The molecular formula is C8H24N2O2. The second kappa shape index (κ2) is 7.49. The second-order valence-corrected chi connectivity index (χ2v) is 4.32. The quantitative estimate of drug-likeness (QED) is 0.557. The van der Waals surface area contributed by atoms with Gasteiger partial charge in [0.05, 0.1) is 48.3 Å². The van der Waals surface area contributed by atoms with Gasteiger partial charge in [0.15, 0.2) is 0 Å². The van der Waals surface area contributed by atoms with Crippen molar-refractivity contribution < 1.29 is 20.3 Å². The van der Waals surface area contributed by atoms with Gasteiger partial charge in [-0.15, -0.1) is 0 Å². The van der Waals surface area contributed by atoms with Crippen LogP contribution >= 0.6 is 0 Å². The first kappa shape index (κ1) is 17.8. The fourth-order valence-corrected chi connectivity index (χ4v) is 0.907. The van der Waals surface area contributed by atoms with Crippen LogP contribution in [0.4, 0.5) is 0 Å². The Morgan fingerprint density at radius 1 is 1.00 bits per heavy atom. The highest BCUT2D eigenvalue weighted by Crippen LogP contribution is 1.90. The lowest BCUT2D eigenvalue weighted by Gasteiger charge is -2.23. The molecule has 0 fully saturated rings. The first-order valence-electron chi connectivity index (χ1n) is 4.01. The molecular weight excluding hydrogens is 156 g/mol. The van der Waals surface area contributed by atoms with Gasteiger partial charge in [0, 0.05) is 6.42 Å². The lowest BCUT2D eigenvalue weighted by atomic mass is 10.3. The molecule has 0 rings (SSSR count). The van der Waals surface area contributed by atoms with Crippen LogP contribution in [-0.4, -0.2) is 63.8 Å². The maximum Gasteiger partial charge on any atom is 0.0834 e. The summed E-state index contributed by atoms with van der Waals surface area (Å²) in [7, 11) is 11.1. The molecule has 78 valence electrons. The summed E-state index contributed by atoms with van der Waals surface area (Å²) in [6, 6.07) is 0. The van der Waals surface area contributed by atoms with Gasteiger partial charge in [-0.3, -0.25) is 0 Å². The van der Waals surface area contributed by atoms with Crippen molar-refractivity contribution in [2.75, 3.05) is 48.3 Å². The van der Waals surface area contributed by atoms with Crippen molar-refractivity contribution in [2.45, 2.75) is 6.42 Å². The Bertz CT molecular complexity index is 89.5. The highest BCUT2D eigenvalue weighted by molar-refractivity contribution is 4.29. The van der Waals surface area contributed by atoms with Gasteiger partial charge >= 0.3 is 0 Å². The van der Waals surface area contributed by atoms with Crippen LogP contribution in [0.2, 0.25) is 0 Å². The van der Waals surface area contributed by atoms with E-state index in [0.29, 0.717) is 0 Å². The van der Waals surface area contributed by atoms with Crippen molar-refractivity contribution in [3.63, 3.8) is 0 Å². The number of nitrogens with zero attached hydrogens (tertiary/aromatic N) is 1. The summed E-state index contributed by atoms with van der Waals surface area (Å²) in [6.45, 7) is 2.57. The predicted molar refractivity (Wildman–Crippen MR) is 49.1 cm³/mol. The van der Waals surface area contributed by atoms with Crippen molar-refractivity contribution >= 4 is 0 Å². The van der Waals surface area contributed by atoms with E-state index in [1.807, 2.05) is 0 Å². The van der Waals surface area contributed by atoms with Gasteiger partial charge in [-0.1, -0.05) is 0 Å². The van der Waals surface area contributed by atoms with Crippen molar-refractivity contribution in [1.29, 1.82) is 0 Å². The van der Waals surface area contributed by atoms with E-state index in [-0.39, 0.29) is 11.0 Å². The van der Waals surface area contributed by atoms with Crippen LogP contribution in [0.5, 0.6) is 0 Å². The third-order valence-corrected chi connectivity index (χ3v) is 1.51. The smallest absolute Gasteiger partial charge is 0.0834 e. The second-order valence-electron chi connectivity index (χ2n) is 4.32. The summed E-state index contributed by atoms with van der Waals surface area (Å²) in [5, 5.41) is 0. The minimum absolute atomic E-state index is 0. The molecule has 0 amide bonds. The van der Waals surface area contributed by atoms with E-state index in [1.165, 1.54) is 19.5 Å². The summed E-state index contributed by atoms with van der Waals surface area (Å²) in [6.07, 6.45) is 1.33. The van der Waals surface area contributed by atoms with E-state index in [1.54, 1.807) is 4.90 Å². The van der Waals surface area contributed by atoms with Gasteiger partial charge in [0.1, 0.15) is 0 Å². The Morgan fingerprint density at radius 3 is 1.67 bits per heavy atom. The zero-order chi connectivity index (χ0) is 8.20. The molecule has 0 radical (unpaired) electrons. The van der Waals surface area contributed by atoms with E-state index in [4.69, 9.17) is 0 Å². The molecule has 4 nitrogen and oxygen atoms in total. The Kier molecular flexibility index (Phi) is 11.1. The first-order valence-corrected chi connectivity index (χ1v) is 4.01.